The molecule has 0 aromatic carbocycles. The largest absolute Gasteiger partial charge is 2.00 e. The normalized spacial score (nSPS) is 4.46. The molecule has 0 spiro atoms. The van der Waals surface area contributed by atoms with Gasteiger partial charge < -0.3 is 94.9 Å². The first-order valence-electron chi connectivity index (χ1n) is 1.33. The van der Waals surface area contributed by atoms with Crippen LogP contribution in [-0.4, -0.2) is 158 Å². The minimum absolute atomic E-state index is 0. The van der Waals surface area contributed by atoms with E-state index in [1.807, 2.05) is 0 Å². The third kappa shape index (κ3) is 27400. The second kappa shape index (κ2) is 97.2. The number of hydrogen-bond acceptors (Lipinski definition) is 8. The van der Waals surface area contributed by atoms with Crippen LogP contribution in [0.25, 0.3) is 0 Å². The van der Waals surface area contributed by atoms with Gasteiger partial charge in [0.25, 0.3) is 0 Å². The summed E-state index contributed by atoms with van der Waals surface area (Å²) in [4.78, 5) is 0. The Balaban J connectivity index is -0.00000000190. The van der Waals surface area contributed by atoms with Crippen LogP contribution in [0.3, 0.4) is 0 Å². The summed E-state index contributed by atoms with van der Waals surface area (Å²) in [5.74, 6) is 0. The summed E-state index contributed by atoms with van der Waals surface area (Å²) in [5.41, 5.74) is 0. The first-order valence-corrected chi connectivity index (χ1v) is 4.00. The van der Waals surface area contributed by atoms with Crippen molar-refractivity contribution in [2.75, 3.05) is 0 Å². The molecule has 0 aliphatic heterocycles. The van der Waals surface area contributed by atoms with Gasteiger partial charge in [0, 0.05) is 20.8 Å². The van der Waals surface area contributed by atoms with Crippen molar-refractivity contribution in [2.45, 2.75) is 0 Å². The molecule has 26 heavy (non-hydrogen) atoms. The van der Waals surface area contributed by atoms with E-state index in [2.05, 4.69) is 0 Å². The van der Waals surface area contributed by atoms with Crippen LogP contribution in [0.4, 0.5) is 0 Å². The third-order valence-electron chi connectivity index (χ3n) is 0. The summed E-state index contributed by atoms with van der Waals surface area (Å²) >= 11 is 0. The zero-order valence-corrected chi connectivity index (χ0v) is 17.0. The van der Waals surface area contributed by atoms with Gasteiger partial charge in [-0.2, -0.15) is 0 Å². The van der Waals surface area contributed by atoms with Crippen LogP contribution in [0.2, 0.25) is 0 Å². The number of hydrogen-bond donors (Lipinski definition) is 0. The maximum absolute atomic E-state index is 8.52. The van der Waals surface area contributed by atoms with Gasteiger partial charge in [-0.3, -0.25) is 16.8 Å². The first kappa shape index (κ1) is 233. The topological polar surface area (TPSA) is 602 Å². The monoisotopic (exact) mass is 492 g/mol. The molecule has 176 valence electrons. The van der Waals surface area contributed by atoms with Gasteiger partial charge in [-0.15, -0.1) is 0 Å². The van der Waals surface area contributed by atoms with Crippen molar-refractivity contribution in [2.24, 2.45) is 0 Å². The summed E-state index contributed by atoms with van der Waals surface area (Å²) < 4.78 is 68.2. The molecular formula is H28Mg2O22S2. The molecule has 0 aliphatic carbocycles. The summed E-state index contributed by atoms with van der Waals surface area (Å²) in [6, 6.07) is 0. The fourth-order valence-corrected chi connectivity index (χ4v) is 0. The molecular weight excluding hydrogens is 465 g/mol. The van der Waals surface area contributed by atoms with Crippen LogP contribution < -0.4 is 0 Å². The molecule has 0 heterocycles. The summed E-state index contributed by atoms with van der Waals surface area (Å²) in [7, 11) is -10.3. The standard InChI is InChI=1S/2Mg.2H2O4S.14H2O/c;;2*1-5(2,3)4;;;;;;;;;;;;;;/h;;2*(H2,1,2,3,4);14*1H2/q2*+2;;;;;;;;;;;;;;;;/p-4. The Morgan fingerprint density at radius 2 is 0.308 bits per heavy atom. The molecule has 26 heteroatoms. The summed E-state index contributed by atoms with van der Waals surface area (Å²) in [6.07, 6.45) is 0. The van der Waals surface area contributed by atoms with Crippen LogP contribution >= 0.6 is 0 Å². The van der Waals surface area contributed by atoms with Gasteiger partial charge in [-0.05, 0) is 0 Å². The molecule has 0 unspecified atom stereocenters. The first-order chi connectivity index (χ1) is 4.00. The van der Waals surface area contributed by atoms with Gasteiger partial charge in [0.15, 0.2) is 0 Å². The van der Waals surface area contributed by atoms with Crippen molar-refractivity contribution in [1.29, 1.82) is 0 Å². The minimum atomic E-state index is -5.17. The smallest absolute Gasteiger partial charge is 0.759 e. The van der Waals surface area contributed by atoms with Gasteiger partial charge in [-0.1, -0.05) is 0 Å². The molecule has 0 amide bonds. The fourth-order valence-electron chi connectivity index (χ4n) is 0. The van der Waals surface area contributed by atoms with Gasteiger partial charge in [0.05, 0.1) is 0 Å². The maximum Gasteiger partial charge on any atom is 2.00 e. The average molecular weight is 493 g/mol. The summed E-state index contributed by atoms with van der Waals surface area (Å²) in [5, 5.41) is 0. The number of rotatable bonds is 0. The molecule has 0 aliphatic rings. The van der Waals surface area contributed by atoms with Crippen molar-refractivity contribution in [1.82, 2.24) is 0 Å². The second-order valence-electron chi connectivity index (χ2n) is 0.816. The Morgan fingerprint density at radius 3 is 0.308 bits per heavy atom. The van der Waals surface area contributed by atoms with E-state index in [0.29, 0.717) is 0 Å². The van der Waals surface area contributed by atoms with Crippen molar-refractivity contribution in [3.8, 4) is 0 Å². The molecule has 0 atom stereocenters. The Hall–Kier alpha value is 0.712. The van der Waals surface area contributed by atoms with Crippen LogP contribution in [0.1, 0.15) is 0 Å². The van der Waals surface area contributed by atoms with Crippen LogP contribution in [0, 0.1) is 0 Å². The molecule has 0 rings (SSSR count). The van der Waals surface area contributed by atoms with Gasteiger partial charge in [-0.25, -0.2) is 0 Å². The Labute approximate surface area is 178 Å². The Kier molecular flexibility index (Phi) is 869. The van der Waals surface area contributed by atoms with E-state index in [0.717, 1.165) is 0 Å². The van der Waals surface area contributed by atoms with Crippen molar-refractivity contribution >= 4 is 66.9 Å². The maximum atomic E-state index is 8.52. The van der Waals surface area contributed by atoms with E-state index in [1.165, 1.54) is 0 Å². The molecule has 28 N–H and O–H groups in total. The van der Waals surface area contributed by atoms with Crippen molar-refractivity contribution < 1.29 is 112 Å². The van der Waals surface area contributed by atoms with E-state index >= 15 is 0 Å². The van der Waals surface area contributed by atoms with Gasteiger partial charge in [0.1, 0.15) is 0 Å². The average Bonchev–Trinajstić information content (AvgIpc) is 1.12. The van der Waals surface area contributed by atoms with E-state index < -0.39 is 20.8 Å². The zero-order chi connectivity index (χ0) is 9.00. The molecule has 0 aromatic rings. The molecule has 22 nitrogen and oxygen atoms in total. The second-order valence-corrected chi connectivity index (χ2v) is 2.45. The van der Waals surface area contributed by atoms with Gasteiger partial charge in [0.2, 0.25) is 0 Å². The predicted octanol–water partition coefficient (Wildman–Crippen LogP) is -15.0. The molecule has 0 radical (unpaired) electrons. The van der Waals surface area contributed by atoms with Gasteiger partial charge >= 0.3 is 46.1 Å². The molecule has 0 bridgehead atoms. The van der Waals surface area contributed by atoms with Crippen LogP contribution in [0.5, 0.6) is 0 Å². The van der Waals surface area contributed by atoms with E-state index in [-0.39, 0.29) is 123 Å². The van der Waals surface area contributed by atoms with E-state index in [4.69, 9.17) is 35.0 Å². The van der Waals surface area contributed by atoms with E-state index in [1.54, 1.807) is 0 Å². The van der Waals surface area contributed by atoms with E-state index in [9.17, 15) is 0 Å². The summed E-state index contributed by atoms with van der Waals surface area (Å²) in [6.45, 7) is 0. The SMILES string of the molecule is O.O.O.O.O.O.O.O.O.O.O.O.O.O.O=S(=O)([O-])[O-].O=S(=O)([O-])[O-].[Mg+2].[Mg+2]. The van der Waals surface area contributed by atoms with Crippen LogP contribution in [-0.2, 0) is 20.8 Å². The van der Waals surface area contributed by atoms with Crippen LogP contribution in [0.15, 0.2) is 0 Å². The minimum Gasteiger partial charge on any atom is -0.759 e. The van der Waals surface area contributed by atoms with Crippen molar-refractivity contribution in [3.63, 3.8) is 0 Å². The molecule has 0 saturated carbocycles. The molecule has 0 aromatic heterocycles. The molecule has 0 fully saturated rings. The predicted molar refractivity (Wildman–Crippen MR) is 83.1 cm³/mol. The quantitative estimate of drug-likeness (QED) is 0.177. The fraction of sp³-hybridized carbons (Fsp3) is 0. The zero-order valence-electron chi connectivity index (χ0n) is 12.5. The van der Waals surface area contributed by atoms with Crippen molar-refractivity contribution in [3.05, 3.63) is 0 Å². The Bertz CT molecular complexity index is 217. The third-order valence-corrected chi connectivity index (χ3v) is 0. The Morgan fingerprint density at radius 1 is 0.308 bits per heavy atom. The molecule has 0 saturated heterocycles.